The Bertz CT molecular complexity index is 82.4. The minimum Gasteiger partial charge on any atom is -0.394 e. The number of hydrogen-bond acceptors (Lipinski definition) is 4. The molecular formula is C7H16O4. The minimum absolute atomic E-state index is 0.0219. The van der Waals surface area contributed by atoms with E-state index >= 15 is 0 Å². The van der Waals surface area contributed by atoms with Gasteiger partial charge in [0, 0.05) is 0 Å². The lowest BCUT2D eigenvalue weighted by Crippen LogP contribution is -2.30. The smallest absolute Gasteiger partial charge is 0.162 e. The molecule has 0 atom stereocenters. The van der Waals surface area contributed by atoms with Crippen molar-refractivity contribution < 1.29 is 19.7 Å². The summed E-state index contributed by atoms with van der Waals surface area (Å²) < 4.78 is 10.2. The van der Waals surface area contributed by atoms with Crippen LogP contribution in [0.5, 0.6) is 0 Å². The van der Waals surface area contributed by atoms with E-state index in [0.717, 1.165) is 0 Å². The Kier molecular flexibility index (Phi) is 5.41. The van der Waals surface area contributed by atoms with Gasteiger partial charge in [-0.15, -0.1) is 0 Å². The maximum absolute atomic E-state index is 8.43. The average Bonchev–Trinajstić information content (AvgIpc) is 1.97. The average molecular weight is 164 g/mol. The molecule has 0 saturated heterocycles. The first-order valence-corrected chi connectivity index (χ1v) is 3.62. The van der Waals surface area contributed by atoms with E-state index in [1.165, 1.54) is 0 Å². The van der Waals surface area contributed by atoms with Crippen LogP contribution in [-0.4, -0.2) is 42.4 Å². The predicted molar refractivity (Wildman–Crippen MR) is 40.2 cm³/mol. The Morgan fingerprint density at radius 2 is 1.36 bits per heavy atom. The van der Waals surface area contributed by atoms with Gasteiger partial charge in [-0.3, -0.25) is 0 Å². The number of hydrogen-bond donors (Lipinski definition) is 2. The van der Waals surface area contributed by atoms with Crippen molar-refractivity contribution in [2.75, 3.05) is 26.4 Å². The summed E-state index contributed by atoms with van der Waals surface area (Å²) >= 11 is 0. The van der Waals surface area contributed by atoms with Crippen LogP contribution >= 0.6 is 0 Å². The van der Waals surface area contributed by atoms with Crippen molar-refractivity contribution in [3.63, 3.8) is 0 Å². The molecule has 0 aromatic rings. The van der Waals surface area contributed by atoms with Crippen molar-refractivity contribution in [2.45, 2.75) is 19.6 Å². The predicted octanol–water partition coefficient (Wildman–Crippen LogP) is -0.260. The van der Waals surface area contributed by atoms with Gasteiger partial charge >= 0.3 is 0 Å². The van der Waals surface area contributed by atoms with Crippen LogP contribution in [0.15, 0.2) is 0 Å². The van der Waals surface area contributed by atoms with Gasteiger partial charge in [0.05, 0.1) is 26.4 Å². The summed E-state index contributed by atoms with van der Waals surface area (Å²) in [6.07, 6.45) is 0. The molecule has 0 aliphatic carbocycles. The Morgan fingerprint density at radius 3 is 1.64 bits per heavy atom. The van der Waals surface area contributed by atoms with E-state index in [1.54, 1.807) is 13.8 Å². The molecule has 0 aromatic carbocycles. The van der Waals surface area contributed by atoms with Crippen molar-refractivity contribution in [1.82, 2.24) is 0 Å². The second-order valence-corrected chi connectivity index (χ2v) is 2.54. The summed E-state index contributed by atoms with van der Waals surface area (Å²) in [5.74, 6) is -0.717. The summed E-state index contributed by atoms with van der Waals surface area (Å²) in [6, 6.07) is 0. The zero-order chi connectivity index (χ0) is 8.74. The van der Waals surface area contributed by atoms with Crippen LogP contribution in [0.3, 0.4) is 0 Å². The molecule has 0 amide bonds. The van der Waals surface area contributed by atoms with E-state index in [0.29, 0.717) is 0 Å². The quantitative estimate of drug-likeness (QED) is 0.531. The molecule has 0 spiro atoms. The van der Waals surface area contributed by atoms with Crippen LogP contribution in [0.1, 0.15) is 13.8 Å². The highest BCUT2D eigenvalue weighted by atomic mass is 16.7. The van der Waals surface area contributed by atoms with Gasteiger partial charge in [-0.2, -0.15) is 0 Å². The lowest BCUT2D eigenvalue weighted by atomic mass is 10.4. The van der Waals surface area contributed by atoms with Crippen molar-refractivity contribution in [1.29, 1.82) is 0 Å². The molecule has 0 aromatic heterocycles. The lowest BCUT2D eigenvalue weighted by Gasteiger charge is -2.24. The maximum Gasteiger partial charge on any atom is 0.162 e. The molecule has 0 saturated carbocycles. The molecule has 0 fully saturated rings. The number of ether oxygens (including phenoxy) is 2. The van der Waals surface area contributed by atoms with Crippen LogP contribution in [0.4, 0.5) is 0 Å². The second kappa shape index (κ2) is 5.49. The van der Waals surface area contributed by atoms with Gasteiger partial charge in [0.25, 0.3) is 0 Å². The zero-order valence-electron chi connectivity index (χ0n) is 7.04. The van der Waals surface area contributed by atoms with Gasteiger partial charge in [-0.05, 0) is 13.8 Å². The molecule has 11 heavy (non-hydrogen) atoms. The minimum atomic E-state index is -0.717. The first kappa shape index (κ1) is 10.8. The molecule has 0 radical (unpaired) electrons. The zero-order valence-corrected chi connectivity index (χ0v) is 7.04. The van der Waals surface area contributed by atoms with Gasteiger partial charge in [0.2, 0.25) is 0 Å². The third-order valence-electron chi connectivity index (χ3n) is 1.08. The van der Waals surface area contributed by atoms with Gasteiger partial charge in [0.1, 0.15) is 0 Å². The van der Waals surface area contributed by atoms with Gasteiger partial charge < -0.3 is 19.7 Å². The lowest BCUT2D eigenvalue weighted by molar-refractivity contribution is -0.219. The van der Waals surface area contributed by atoms with E-state index in [1.807, 2.05) is 0 Å². The molecular weight excluding hydrogens is 148 g/mol. The Hall–Kier alpha value is -0.160. The molecule has 0 heterocycles. The van der Waals surface area contributed by atoms with Crippen molar-refractivity contribution >= 4 is 0 Å². The molecule has 0 aliphatic heterocycles. The Labute approximate surface area is 66.7 Å². The fourth-order valence-electron chi connectivity index (χ4n) is 0.625. The summed E-state index contributed by atoms with van der Waals surface area (Å²) in [7, 11) is 0. The van der Waals surface area contributed by atoms with E-state index < -0.39 is 5.79 Å². The molecule has 4 heteroatoms. The standard InChI is InChI=1S/C7H16O4/c1-7(2,10-5-3-8)11-6-4-9/h8-9H,3-6H2,1-2H3. The van der Waals surface area contributed by atoms with E-state index in [4.69, 9.17) is 19.7 Å². The van der Waals surface area contributed by atoms with Crippen LogP contribution < -0.4 is 0 Å². The summed E-state index contributed by atoms with van der Waals surface area (Å²) in [6.45, 7) is 3.92. The number of aliphatic hydroxyl groups is 2. The molecule has 0 bridgehead atoms. The summed E-state index contributed by atoms with van der Waals surface area (Å²) in [4.78, 5) is 0. The first-order valence-electron chi connectivity index (χ1n) is 3.62. The fourth-order valence-corrected chi connectivity index (χ4v) is 0.625. The van der Waals surface area contributed by atoms with E-state index in [-0.39, 0.29) is 26.4 Å². The fraction of sp³-hybridized carbons (Fsp3) is 1.00. The highest BCUT2D eigenvalue weighted by Crippen LogP contribution is 2.09. The third kappa shape index (κ3) is 6.25. The summed E-state index contributed by atoms with van der Waals surface area (Å²) in [5.41, 5.74) is 0. The number of aliphatic hydroxyl groups excluding tert-OH is 2. The van der Waals surface area contributed by atoms with E-state index in [9.17, 15) is 0 Å². The highest BCUT2D eigenvalue weighted by molar-refractivity contribution is 4.52. The van der Waals surface area contributed by atoms with E-state index in [2.05, 4.69) is 0 Å². The largest absolute Gasteiger partial charge is 0.394 e. The van der Waals surface area contributed by atoms with Crippen molar-refractivity contribution in [3.05, 3.63) is 0 Å². The maximum atomic E-state index is 8.43. The molecule has 4 nitrogen and oxygen atoms in total. The first-order chi connectivity index (χ1) is 5.12. The second-order valence-electron chi connectivity index (χ2n) is 2.54. The molecule has 2 N–H and O–H groups in total. The van der Waals surface area contributed by atoms with Gasteiger partial charge in [-0.1, -0.05) is 0 Å². The van der Waals surface area contributed by atoms with Crippen LogP contribution in [-0.2, 0) is 9.47 Å². The molecule has 0 aliphatic rings. The Balaban J connectivity index is 3.43. The molecule has 0 rings (SSSR count). The van der Waals surface area contributed by atoms with Gasteiger partial charge in [0.15, 0.2) is 5.79 Å². The normalized spacial score (nSPS) is 12.0. The van der Waals surface area contributed by atoms with Crippen molar-refractivity contribution in [3.8, 4) is 0 Å². The molecule has 0 unspecified atom stereocenters. The van der Waals surface area contributed by atoms with Crippen LogP contribution in [0.25, 0.3) is 0 Å². The number of rotatable bonds is 6. The molecule has 68 valence electrons. The van der Waals surface area contributed by atoms with Crippen LogP contribution in [0, 0.1) is 0 Å². The Morgan fingerprint density at radius 1 is 1.00 bits per heavy atom. The third-order valence-corrected chi connectivity index (χ3v) is 1.08. The van der Waals surface area contributed by atoms with Crippen molar-refractivity contribution in [2.24, 2.45) is 0 Å². The van der Waals surface area contributed by atoms with Gasteiger partial charge in [-0.25, -0.2) is 0 Å². The SMILES string of the molecule is CC(C)(OCCO)OCCO. The summed E-state index contributed by atoms with van der Waals surface area (Å²) in [5, 5.41) is 16.9. The monoisotopic (exact) mass is 164 g/mol. The topological polar surface area (TPSA) is 58.9 Å². The van der Waals surface area contributed by atoms with Crippen LogP contribution in [0.2, 0.25) is 0 Å². The highest BCUT2D eigenvalue weighted by Gasteiger charge is 2.17.